The number of guanidine groups is 1. The molecule has 1 aliphatic heterocycles. The van der Waals surface area contributed by atoms with Crippen LogP contribution in [0.15, 0.2) is 29.3 Å². The Morgan fingerprint density at radius 2 is 1.93 bits per heavy atom. The second-order valence-corrected chi connectivity index (χ2v) is 8.38. The van der Waals surface area contributed by atoms with Crippen molar-refractivity contribution >= 4 is 5.96 Å². The van der Waals surface area contributed by atoms with Gasteiger partial charge in [-0.25, -0.2) is 0 Å². The van der Waals surface area contributed by atoms with Crippen LogP contribution in [0.1, 0.15) is 51.5 Å². The zero-order valence-electron chi connectivity index (χ0n) is 18.3. The zero-order valence-corrected chi connectivity index (χ0v) is 18.3. The summed E-state index contributed by atoms with van der Waals surface area (Å²) < 4.78 is 11.8. The number of nitrogens with zero attached hydrogens (tertiary/aromatic N) is 2. The number of likely N-dealkylation sites (tertiary alicyclic amines) is 1. The van der Waals surface area contributed by atoms with Gasteiger partial charge in [0.15, 0.2) is 5.96 Å². The van der Waals surface area contributed by atoms with Gasteiger partial charge >= 0.3 is 0 Å². The number of benzene rings is 1. The average Bonchev–Trinajstić information content (AvgIpc) is 2.69. The van der Waals surface area contributed by atoms with Gasteiger partial charge in [0.05, 0.1) is 18.8 Å². The van der Waals surface area contributed by atoms with Crippen molar-refractivity contribution in [1.82, 2.24) is 15.5 Å². The third kappa shape index (κ3) is 7.19. The maximum atomic E-state index is 6.14. The molecule has 0 aromatic heterocycles. The first-order valence-corrected chi connectivity index (χ1v) is 11.2. The molecule has 0 spiro atoms. The van der Waals surface area contributed by atoms with Gasteiger partial charge in [0.2, 0.25) is 0 Å². The molecular weight excluding hydrogens is 364 g/mol. The zero-order chi connectivity index (χ0) is 20.5. The summed E-state index contributed by atoms with van der Waals surface area (Å²) in [5.41, 5.74) is 1.18. The van der Waals surface area contributed by atoms with Gasteiger partial charge in [-0.2, -0.15) is 0 Å². The van der Waals surface area contributed by atoms with Crippen LogP contribution in [0.3, 0.4) is 0 Å². The van der Waals surface area contributed by atoms with Crippen LogP contribution in [0.4, 0.5) is 0 Å². The highest BCUT2D eigenvalue weighted by Crippen LogP contribution is 2.27. The smallest absolute Gasteiger partial charge is 0.191 e. The van der Waals surface area contributed by atoms with E-state index in [-0.39, 0.29) is 0 Å². The molecule has 2 fully saturated rings. The lowest BCUT2D eigenvalue weighted by Gasteiger charge is -2.33. The number of rotatable bonds is 9. The SMILES string of the molecule is CN=C(NCc1ccccc1OC1CCC1)NC1CCN(CCOC(C)C)CC1. The number of aliphatic imine (C=N–C) groups is 1. The lowest BCUT2D eigenvalue weighted by atomic mass is 9.96. The highest BCUT2D eigenvalue weighted by atomic mass is 16.5. The lowest BCUT2D eigenvalue weighted by molar-refractivity contribution is 0.0532. The van der Waals surface area contributed by atoms with Crippen molar-refractivity contribution in [3.63, 3.8) is 0 Å². The molecule has 6 nitrogen and oxygen atoms in total. The first kappa shape index (κ1) is 21.9. The van der Waals surface area contributed by atoms with Crippen LogP contribution in [0.25, 0.3) is 0 Å². The van der Waals surface area contributed by atoms with Crippen LogP contribution in [0.5, 0.6) is 5.75 Å². The largest absolute Gasteiger partial charge is 0.490 e. The Hall–Kier alpha value is -1.79. The molecule has 1 aromatic carbocycles. The Morgan fingerprint density at radius 3 is 2.59 bits per heavy atom. The van der Waals surface area contributed by atoms with Crippen molar-refractivity contribution in [2.24, 2.45) is 4.99 Å². The van der Waals surface area contributed by atoms with Crippen molar-refractivity contribution in [3.05, 3.63) is 29.8 Å². The van der Waals surface area contributed by atoms with Gasteiger partial charge in [0.1, 0.15) is 5.75 Å². The fraction of sp³-hybridized carbons (Fsp3) is 0.696. The summed E-state index contributed by atoms with van der Waals surface area (Å²) in [6.45, 7) is 8.95. The van der Waals surface area contributed by atoms with Gasteiger partial charge in [-0.3, -0.25) is 4.99 Å². The molecule has 3 rings (SSSR count). The minimum absolute atomic E-state index is 0.313. The highest BCUT2D eigenvalue weighted by molar-refractivity contribution is 5.80. The van der Waals surface area contributed by atoms with Gasteiger partial charge in [-0.15, -0.1) is 0 Å². The number of para-hydroxylation sites is 1. The minimum atomic E-state index is 0.313. The maximum absolute atomic E-state index is 6.14. The van der Waals surface area contributed by atoms with E-state index in [4.69, 9.17) is 9.47 Å². The summed E-state index contributed by atoms with van der Waals surface area (Å²) in [7, 11) is 1.84. The number of hydrogen-bond donors (Lipinski definition) is 2. The van der Waals surface area contributed by atoms with E-state index in [0.29, 0.717) is 24.8 Å². The molecule has 2 aliphatic rings. The van der Waals surface area contributed by atoms with E-state index in [2.05, 4.69) is 52.6 Å². The molecule has 162 valence electrons. The van der Waals surface area contributed by atoms with E-state index >= 15 is 0 Å². The van der Waals surface area contributed by atoms with Gasteiger partial charge in [0.25, 0.3) is 0 Å². The van der Waals surface area contributed by atoms with E-state index in [1.165, 1.54) is 24.8 Å². The molecule has 0 atom stereocenters. The van der Waals surface area contributed by atoms with Gasteiger partial charge in [-0.1, -0.05) is 18.2 Å². The van der Waals surface area contributed by atoms with Crippen LogP contribution in [-0.2, 0) is 11.3 Å². The molecule has 0 bridgehead atoms. The van der Waals surface area contributed by atoms with Crippen molar-refractivity contribution in [3.8, 4) is 5.75 Å². The Bertz CT molecular complexity index is 638. The molecule has 2 N–H and O–H groups in total. The monoisotopic (exact) mass is 402 g/mol. The van der Waals surface area contributed by atoms with Crippen LogP contribution in [0, 0.1) is 0 Å². The third-order valence-corrected chi connectivity index (χ3v) is 5.78. The van der Waals surface area contributed by atoms with Gasteiger partial charge in [-0.05, 0) is 52.0 Å². The quantitative estimate of drug-likeness (QED) is 0.491. The van der Waals surface area contributed by atoms with E-state index in [1.54, 1.807) is 0 Å². The van der Waals surface area contributed by atoms with Gasteiger partial charge < -0.3 is 25.0 Å². The van der Waals surface area contributed by atoms with E-state index in [0.717, 1.165) is 50.8 Å². The number of hydrogen-bond acceptors (Lipinski definition) is 4. The summed E-state index contributed by atoms with van der Waals surface area (Å²) in [4.78, 5) is 6.91. The molecular formula is C23H38N4O2. The van der Waals surface area contributed by atoms with Crippen LogP contribution in [-0.4, -0.2) is 62.4 Å². The van der Waals surface area contributed by atoms with Crippen molar-refractivity contribution < 1.29 is 9.47 Å². The van der Waals surface area contributed by atoms with Crippen LogP contribution in [0.2, 0.25) is 0 Å². The molecule has 1 heterocycles. The highest BCUT2D eigenvalue weighted by Gasteiger charge is 2.21. The lowest BCUT2D eigenvalue weighted by Crippen LogP contribution is -2.49. The molecule has 29 heavy (non-hydrogen) atoms. The summed E-state index contributed by atoms with van der Waals surface area (Å²) >= 11 is 0. The molecule has 0 amide bonds. The minimum Gasteiger partial charge on any atom is -0.490 e. The standard InChI is InChI=1S/C23H38N4O2/c1-18(2)28-16-15-27-13-11-20(12-14-27)26-23(24-3)25-17-19-7-4-5-10-22(19)29-21-8-6-9-21/h4-5,7,10,18,20-21H,6,8-9,11-17H2,1-3H3,(H2,24,25,26). The first-order valence-electron chi connectivity index (χ1n) is 11.2. The Labute approximate surface area is 176 Å². The van der Waals surface area contributed by atoms with Crippen molar-refractivity contribution in [2.75, 3.05) is 33.3 Å². The Balaban J connectivity index is 1.40. The summed E-state index contributed by atoms with van der Waals surface area (Å²) in [6.07, 6.45) is 6.59. The average molecular weight is 403 g/mol. The van der Waals surface area contributed by atoms with Crippen molar-refractivity contribution in [1.29, 1.82) is 0 Å². The van der Waals surface area contributed by atoms with E-state index in [1.807, 2.05) is 13.1 Å². The molecule has 1 saturated carbocycles. The molecule has 1 saturated heterocycles. The number of nitrogens with one attached hydrogen (secondary N) is 2. The Morgan fingerprint density at radius 1 is 1.17 bits per heavy atom. The van der Waals surface area contributed by atoms with Crippen LogP contribution >= 0.6 is 0 Å². The fourth-order valence-electron chi connectivity index (χ4n) is 3.72. The maximum Gasteiger partial charge on any atom is 0.191 e. The first-order chi connectivity index (χ1) is 14.1. The predicted molar refractivity (Wildman–Crippen MR) is 119 cm³/mol. The summed E-state index contributed by atoms with van der Waals surface area (Å²) in [5.74, 6) is 1.86. The molecule has 0 radical (unpaired) electrons. The topological polar surface area (TPSA) is 58.1 Å². The Kier molecular flexibility index (Phi) is 8.62. The van der Waals surface area contributed by atoms with Gasteiger partial charge in [0, 0.05) is 44.8 Å². The fourth-order valence-corrected chi connectivity index (χ4v) is 3.72. The number of piperidine rings is 1. The molecule has 0 unspecified atom stereocenters. The molecule has 1 aliphatic carbocycles. The van der Waals surface area contributed by atoms with Crippen LogP contribution < -0.4 is 15.4 Å². The third-order valence-electron chi connectivity index (χ3n) is 5.78. The second kappa shape index (κ2) is 11.4. The second-order valence-electron chi connectivity index (χ2n) is 8.38. The van der Waals surface area contributed by atoms with E-state index < -0.39 is 0 Å². The number of ether oxygens (including phenoxy) is 2. The molecule has 6 heteroatoms. The summed E-state index contributed by atoms with van der Waals surface area (Å²) in [6, 6.07) is 8.78. The normalized spacial score (nSPS) is 19.2. The molecule has 1 aromatic rings. The van der Waals surface area contributed by atoms with Crippen molar-refractivity contribution in [2.45, 2.75) is 70.7 Å². The summed E-state index contributed by atoms with van der Waals surface area (Å²) in [5, 5.41) is 7.06. The van der Waals surface area contributed by atoms with E-state index in [9.17, 15) is 0 Å². The predicted octanol–water partition coefficient (Wildman–Crippen LogP) is 3.17.